The zero-order valence-electron chi connectivity index (χ0n) is 15.7. The molecule has 0 spiro atoms. The molecule has 1 aromatic carbocycles. The summed E-state index contributed by atoms with van der Waals surface area (Å²) < 4.78 is 0. The number of rotatable bonds is 4. The monoisotopic (exact) mass is 365 g/mol. The van der Waals surface area contributed by atoms with Crippen LogP contribution in [-0.2, 0) is 6.42 Å². The third-order valence-electron chi connectivity index (χ3n) is 5.44. The van der Waals surface area contributed by atoms with E-state index in [9.17, 15) is 4.79 Å². The SMILES string of the molecule is Cc1cccc(Nc2nc(N[C@@H]3CCCC[C@@H]3N)cc3c2C(=O)NCC3)c1. The summed E-state index contributed by atoms with van der Waals surface area (Å²) in [5.41, 5.74) is 10.0. The number of nitrogens with zero attached hydrogens (tertiary/aromatic N) is 1. The zero-order valence-corrected chi connectivity index (χ0v) is 15.7. The molecule has 0 radical (unpaired) electrons. The Balaban J connectivity index is 1.68. The number of nitrogens with two attached hydrogens (primary N) is 1. The van der Waals surface area contributed by atoms with E-state index >= 15 is 0 Å². The first kappa shape index (κ1) is 17.8. The summed E-state index contributed by atoms with van der Waals surface area (Å²) in [6.07, 6.45) is 5.28. The number of carbonyl (C=O) groups excluding carboxylic acids is 1. The Morgan fingerprint density at radius 2 is 2.07 bits per heavy atom. The van der Waals surface area contributed by atoms with Crippen LogP contribution < -0.4 is 21.7 Å². The maximum atomic E-state index is 12.5. The number of anilines is 3. The highest BCUT2D eigenvalue weighted by Crippen LogP contribution is 2.29. The quantitative estimate of drug-likeness (QED) is 0.668. The minimum atomic E-state index is -0.0696. The van der Waals surface area contributed by atoms with Crippen molar-refractivity contribution < 1.29 is 4.79 Å². The van der Waals surface area contributed by atoms with E-state index in [0.29, 0.717) is 17.9 Å². The van der Waals surface area contributed by atoms with Crippen LogP contribution in [0.1, 0.15) is 47.2 Å². The number of benzene rings is 1. The molecular weight excluding hydrogens is 338 g/mol. The zero-order chi connectivity index (χ0) is 18.8. The second-order valence-electron chi connectivity index (χ2n) is 7.59. The van der Waals surface area contributed by atoms with Crippen molar-refractivity contribution in [3.63, 3.8) is 0 Å². The van der Waals surface area contributed by atoms with Gasteiger partial charge in [0, 0.05) is 24.3 Å². The normalized spacial score (nSPS) is 21.9. The van der Waals surface area contributed by atoms with Crippen molar-refractivity contribution in [1.82, 2.24) is 10.3 Å². The summed E-state index contributed by atoms with van der Waals surface area (Å²) in [6, 6.07) is 10.5. The summed E-state index contributed by atoms with van der Waals surface area (Å²) in [6.45, 7) is 2.70. The Hall–Kier alpha value is -2.60. The molecule has 6 nitrogen and oxygen atoms in total. The molecule has 2 aromatic rings. The number of carbonyl (C=O) groups is 1. The molecule has 0 bridgehead atoms. The van der Waals surface area contributed by atoms with Crippen LogP contribution in [0.5, 0.6) is 0 Å². The first-order valence-electron chi connectivity index (χ1n) is 9.78. The van der Waals surface area contributed by atoms with Crippen LogP contribution in [0.3, 0.4) is 0 Å². The fourth-order valence-corrected chi connectivity index (χ4v) is 4.00. The van der Waals surface area contributed by atoms with E-state index in [1.54, 1.807) is 0 Å². The van der Waals surface area contributed by atoms with Gasteiger partial charge in [-0.25, -0.2) is 4.98 Å². The molecule has 1 saturated carbocycles. The van der Waals surface area contributed by atoms with E-state index in [4.69, 9.17) is 10.7 Å². The van der Waals surface area contributed by atoms with E-state index in [1.807, 2.05) is 37.3 Å². The number of fused-ring (bicyclic) bond motifs is 1. The standard InChI is InChI=1S/C21H27N5O/c1-13-5-4-6-15(11-13)24-20-19-14(9-10-23-21(19)27)12-18(26-20)25-17-8-3-2-7-16(17)22/h4-6,11-12,16-17H,2-3,7-10,22H2,1H3,(H,23,27)(H2,24,25,26)/t16-,17+/m0/s1. The molecule has 1 amide bonds. The van der Waals surface area contributed by atoms with Crippen LogP contribution in [-0.4, -0.2) is 29.5 Å². The number of hydrogen-bond acceptors (Lipinski definition) is 5. The topological polar surface area (TPSA) is 92.1 Å². The maximum absolute atomic E-state index is 12.5. The highest BCUT2D eigenvalue weighted by Gasteiger charge is 2.26. The minimum Gasteiger partial charge on any atom is -0.366 e. The molecule has 1 aliphatic heterocycles. The molecule has 2 aliphatic rings. The van der Waals surface area contributed by atoms with Gasteiger partial charge in [0.05, 0.1) is 5.56 Å². The van der Waals surface area contributed by atoms with E-state index < -0.39 is 0 Å². The molecule has 2 atom stereocenters. The lowest BCUT2D eigenvalue weighted by Crippen LogP contribution is -2.43. The molecule has 1 aromatic heterocycles. The Labute approximate surface area is 159 Å². The molecule has 1 aliphatic carbocycles. The van der Waals surface area contributed by atoms with Crippen molar-refractivity contribution in [1.29, 1.82) is 0 Å². The molecule has 6 heteroatoms. The van der Waals surface area contributed by atoms with Gasteiger partial charge in [0.15, 0.2) is 0 Å². The van der Waals surface area contributed by atoms with Crippen molar-refractivity contribution in [2.75, 3.05) is 17.2 Å². The van der Waals surface area contributed by atoms with Gasteiger partial charge >= 0.3 is 0 Å². The molecule has 4 rings (SSSR count). The number of nitrogens with one attached hydrogen (secondary N) is 3. The molecule has 142 valence electrons. The van der Waals surface area contributed by atoms with Gasteiger partial charge < -0.3 is 21.7 Å². The summed E-state index contributed by atoms with van der Waals surface area (Å²) in [5, 5.41) is 9.80. The molecule has 27 heavy (non-hydrogen) atoms. The Morgan fingerprint density at radius 1 is 1.22 bits per heavy atom. The number of aromatic nitrogens is 1. The maximum Gasteiger partial charge on any atom is 0.255 e. The van der Waals surface area contributed by atoms with Gasteiger partial charge in [-0.05, 0) is 55.5 Å². The van der Waals surface area contributed by atoms with Gasteiger partial charge in [-0.3, -0.25) is 4.79 Å². The summed E-state index contributed by atoms with van der Waals surface area (Å²) in [4.78, 5) is 17.2. The molecule has 1 fully saturated rings. The number of amides is 1. The molecule has 2 heterocycles. The van der Waals surface area contributed by atoms with Crippen molar-refractivity contribution in [3.05, 3.63) is 47.0 Å². The highest BCUT2D eigenvalue weighted by molar-refractivity contribution is 6.02. The Morgan fingerprint density at radius 3 is 2.89 bits per heavy atom. The van der Waals surface area contributed by atoms with Crippen molar-refractivity contribution >= 4 is 23.2 Å². The third kappa shape index (κ3) is 3.90. The predicted molar refractivity (Wildman–Crippen MR) is 109 cm³/mol. The van der Waals surface area contributed by atoms with E-state index in [2.05, 4.69) is 16.0 Å². The van der Waals surface area contributed by atoms with Gasteiger partial charge in [0.25, 0.3) is 5.91 Å². The first-order chi connectivity index (χ1) is 13.1. The summed E-state index contributed by atoms with van der Waals surface area (Å²) in [5.74, 6) is 1.32. The fourth-order valence-electron chi connectivity index (χ4n) is 4.00. The van der Waals surface area contributed by atoms with Crippen LogP contribution in [0, 0.1) is 6.92 Å². The van der Waals surface area contributed by atoms with E-state index in [-0.39, 0.29) is 18.0 Å². The molecule has 0 unspecified atom stereocenters. The number of pyridine rings is 1. The first-order valence-corrected chi connectivity index (χ1v) is 9.78. The summed E-state index contributed by atoms with van der Waals surface area (Å²) >= 11 is 0. The van der Waals surface area contributed by atoms with E-state index in [1.165, 1.54) is 12.8 Å². The average Bonchev–Trinajstić information content (AvgIpc) is 2.64. The van der Waals surface area contributed by atoms with E-state index in [0.717, 1.165) is 41.9 Å². The highest BCUT2D eigenvalue weighted by atomic mass is 16.1. The fraction of sp³-hybridized carbons (Fsp3) is 0.429. The van der Waals surface area contributed by atoms with Gasteiger partial charge in [-0.1, -0.05) is 25.0 Å². The smallest absolute Gasteiger partial charge is 0.255 e. The Bertz CT molecular complexity index is 850. The molecule has 5 N–H and O–H groups in total. The van der Waals surface area contributed by atoms with Crippen molar-refractivity contribution in [2.45, 2.75) is 51.1 Å². The van der Waals surface area contributed by atoms with Gasteiger partial charge in [0.2, 0.25) is 0 Å². The number of aryl methyl sites for hydroxylation is 1. The van der Waals surface area contributed by atoms with Crippen LogP contribution >= 0.6 is 0 Å². The lowest BCUT2D eigenvalue weighted by Gasteiger charge is -2.30. The second kappa shape index (κ2) is 7.56. The lowest BCUT2D eigenvalue weighted by atomic mass is 9.91. The minimum absolute atomic E-state index is 0.0696. The van der Waals surface area contributed by atoms with Crippen molar-refractivity contribution in [2.24, 2.45) is 5.73 Å². The van der Waals surface area contributed by atoms with Crippen molar-refractivity contribution in [3.8, 4) is 0 Å². The molecular formula is C21H27N5O. The van der Waals surface area contributed by atoms with Gasteiger partial charge in [-0.15, -0.1) is 0 Å². The average molecular weight is 365 g/mol. The summed E-state index contributed by atoms with van der Waals surface area (Å²) in [7, 11) is 0. The third-order valence-corrected chi connectivity index (χ3v) is 5.44. The number of hydrogen-bond donors (Lipinski definition) is 4. The molecule has 0 saturated heterocycles. The largest absolute Gasteiger partial charge is 0.366 e. The van der Waals surface area contributed by atoms with Crippen LogP contribution in [0.15, 0.2) is 30.3 Å². The predicted octanol–water partition coefficient (Wildman–Crippen LogP) is 3.10. The van der Waals surface area contributed by atoms with Gasteiger partial charge in [0.1, 0.15) is 11.6 Å². The van der Waals surface area contributed by atoms with Crippen LogP contribution in [0.2, 0.25) is 0 Å². The van der Waals surface area contributed by atoms with Crippen LogP contribution in [0.25, 0.3) is 0 Å². The van der Waals surface area contributed by atoms with Crippen LogP contribution in [0.4, 0.5) is 17.3 Å². The van der Waals surface area contributed by atoms with Gasteiger partial charge in [-0.2, -0.15) is 0 Å². The second-order valence-corrected chi connectivity index (χ2v) is 7.59. The lowest BCUT2D eigenvalue weighted by molar-refractivity contribution is 0.0946. The Kier molecular flexibility index (Phi) is 4.99.